The number of ether oxygens (including phenoxy) is 1. The van der Waals surface area contributed by atoms with Crippen LogP contribution in [0.5, 0.6) is 0 Å². The second-order valence-electron chi connectivity index (χ2n) is 4.94. The van der Waals surface area contributed by atoms with Crippen LogP contribution in [0, 0.1) is 5.41 Å². The van der Waals surface area contributed by atoms with Crippen molar-refractivity contribution in [1.82, 2.24) is 0 Å². The average Bonchev–Trinajstić information content (AvgIpc) is 2.68. The van der Waals surface area contributed by atoms with Crippen LogP contribution in [0.25, 0.3) is 0 Å². The largest absolute Gasteiger partial charge is 0.384 e. The lowest BCUT2D eigenvalue weighted by Crippen LogP contribution is -2.42. The van der Waals surface area contributed by atoms with Gasteiger partial charge in [-0.15, -0.1) is 0 Å². The summed E-state index contributed by atoms with van der Waals surface area (Å²) in [7, 11) is 0. The Kier molecular flexibility index (Phi) is 3.03. The van der Waals surface area contributed by atoms with E-state index >= 15 is 0 Å². The molecule has 2 aliphatic rings. The molecule has 4 nitrogen and oxygen atoms in total. The lowest BCUT2D eigenvalue weighted by atomic mass is 10.1. The van der Waals surface area contributed by atoms with E-state index in [1.54, 1.807) is 0 Å². The molecule has 2 heterocycles. The Hall–Kier alpha value is -1.07. The van der Waals surface area contributed by atoms with Gasteiger partial charge in [-0.3, -0.25) is 5.41 Å². The van der Waals surface area contributed by atoms with Gasteiger partial charge in [-0.25, -0.2) is 0 Å². The van der Waals surface area contributed by atoms with Crippen molar-refractivity contribution >= 4 is 27.5 Å². The first kappa shape index (κ1) is 12.0. The minimum atomic E-state index is 0.101. The van der Waals surface area contributed by atoms with Crippen molar-refractivity contribution in [3.63, 3.8) is 0 Å². The fourth-order valence-electron chi connectivity index (χ4n) is 2.74. The summed E-state index contributed by atoms with van der Waals surface area (Å²) < 4.78 is 6.84. The summed E-state index contributed by atoms with van der Waals surface area (Å²) in [5.41, 5.74) is 7.41. The number of nitrogens with two attached hydrogens (primary N) is 1. The SMILES string of the molecule is N=C(N)c1ccc(N2CC3CCC(C2)O3)c(Br)c1. The van der Waals surface area contributed by atoms with Gasteiger partial charge in [0.05, 0.1) is 17.9 Å². The monoisotopic (exact) mass is 309 g/mol. The highest BCUT2D eigenvalue weighted by Crippen LogP contribution is 2.33. The van der Waals surface area contributed by atoms with Crippen LogP contribution in [0.15, 0.2) is 22.7 Å². The summed E-state index contributed by atoms with van der Waals surface area (Å²) in [6.07, 6.45) is 3.10. The summed E-state index contributed by atoms with van der Waals surface area (Å²) in [5, 5.41) is 7.44. The number of fused-ring (bicyclic) bond motifs is 2. The van der Waals surface area contributed by atoms with Crippen LogP contribution in [0.2, 0.25) is 0 Å². The third-order valence-electron chi connectivity index (χ3n) is 3.64. The molecule has 2 fully saturated rings. The molecular weight excluding hydrogens is 294 g/mol. The predicted molar refractivity (Wildman–Crippen MR) is 75.3 cm³/mol. The zero-order chi connectivity index (χ0) is 12.7. The Bertz CT molecular complexity index is 479. The Morgan fingerprint density at radius 1 is 1.33 bits per heavy atom. The second-order valence-corrected chi connectivity index (χ2v) is 5.80. The Morgan fingerprint density at radius 2 is 2.00 bits per heavy atom. The van der Waals surface area contributed by atoms with Gasteiger partial charge in [0, 0.05) is 23.1 Å². The summed E-state index contributed by atoms with van der Waals surface area (Å²) in [4.78, 5) is 2.36. The molecule has 18 heavy (non-hydrogen) atoms. The number of rotatable bonds is 2. The van der Waals surface area contributed by atoms with Gasteiger partial charge in [-0.1, -0.05) is 0 Å². The molecule has 2 bridgehead atoms. The van der Waals surface area contributed by atoms with E-state index in [2.05, 4.69) is 20.8 Å². The van der Waals surface area contributed by atoms with Crippen LogP contribution in [0.3, 0.4) is 0 Å². The van der Waals surface area contributed by atoms with Crippen molar-refractivity contribution < 1.29 is 4.74 Å². The second kappa shape index (κ2) is 4.55. The molecule has 0 aliphatic carbocycles. The Balaban J connectivity index is 1.86. The minimum absolute atomic E-state index is 0.101. The Morgan fingerprint density at radius 3 is 2.56 bits per heavy atom. The molecule has 2 aliphatic heterocycles. The fourth-order valence-corrected chi connectivity index (χ4v) is 3.37. The first-order valence-corrected chi connectivity index (χ1v) is 6.97. The number of nitrogen functional groups attached to an aromatic ring is 1. The third kappa shape index (κ3) is 2.12. The van der Waals surface area contributed by atoms with E-state index < -0.39 is 0 Å². The van der Waals surface area contributed by atoms with Crippen molar-refractivity contribution in [2.75, 3.05) is 18.0 Å². The van der Waals surface area contributed by atoms with Crippen LogP contribution in [-0.4, -0.2) is 31.1 Å². The highest BCUT2D eigenvalue weighted by atomic mass is 79.9. The average molecular weight is 310 g/mol. The summed E-state index contributed by atoms with van der Waals surface area (Å²) in [5.74, 6) is 0.101. The van der Waals surface area contributed by atoms with E-state index in [1.165, 1.54) is 18.5 Å². The molecule has 0 amide bonds. The zero-order valence-corrected chi connectivity index (χ0v) is 11.6. The van der Waals surface area contributed by atoms with Crippen molar-refractivity contribution in [3.8, 4) is 0 Å². The topological polar surface area (TPSA) is 62.3 Å². The van der Waals surface area contributed by atoms with Gasteiger partial charge < -0.3 is 15.4 Å². The van der Waals surface area contributed by atoms with Crippen LogP contribution < -0.4 is 10.6 Å². The van der Waals surface area contributed by atoms with Gasteiger partial charge >= 0.3 is 0 Å². The molecule has 0 spiro atoms. The number of hydrogen-bond donors (Lipinski definition) is 2. The smallest absolute Gasteiger partial charge is 0.122 e. The normalized spacial score (nSPS) is 26.4. The molecule has 2 atom stereocenters. The minimum Gasteiger partial charge on any atom is -0.384 e. The molecule has 1 aromatic carbocycles. The van der Waals surface area contributed by atoms with E-state index in [-0.39, 0.29) is 5.84 Å². The molecular formula is C13H16BrN3O. The summed E-state index contributed by atoms with van der Waals surface area (Å²) in [6.45, 7) is 1.91. The number of halogens is 1. The zero-order valence-electron chi connectivity index (χ0n) is 10.0. The van der Waals surface area contributed by atoms with E-state index in [4.69, 9.17) is 15.9 Å². The van der Waals surface area contributed by atoms with E-state index in [0.717, 1.165) is 23.1 Å². The Labute approximate surface area is 115 Å². The number of nitrogens with one attached hydrogen (secondary N) is 1. The standard InChI is InChI=1S/C13H16BrN3O/c14-11-5-8(13(15)16)1-4-12(11)17-6-9-2-3-10(7-17)18-9/h1,4-5,9-10H,2-3,6-7H2,(H3,15,16). The van der Waals surface area contributed by atoms with Gasteiger partial charge in [0.2, 0.25) is 0 Å². The molecule has 2 unspecified atom stereocenters. The van der Waals surface area contributed by atoms with Crippen molar-refractivity contribution in [3.05, 3.63) is 28.2 Å². The van der Waals surface area contributed by atoms with Gasteiger partial charge in [0.1, 0.15) is 5.84 Å². The quantitative estimate of drug-likeness (QED) is 0.649. The molecule has 0 aromatic heterocycles. The van der Waals surface area contributed by atoms with Gasteiger partial charge in [-0.05, 0) is 47.0 Å². The highest BCUT2D eigenvalue weighted by molar-refractivity contribution is 9.10. The molecule has 3 N–H and O–H groups in total. The maximum atomic E-state index is 7.44. The lowest BCUT2D eigenvalue weighted by Gasteiger charge is -2.34. The maximum absolute atomic E-state index is 7.44. The lowest BCUT2D eigenvalue weighted by molar-refractivity contribution is 0.0304. The van der Waals surface area contributed by atoms with Crippen molar-refractivity contribution in [2.24, 2.45) is 5.73 Å². The van der Waals surface area contributed by atoms with E-state index in [0.29, 0.717) is 12.2 Å². The van der Waals surface area contributed by atoms with Crippen LogP contribution in [0.1, 0.15) is 18.4 Å². The van der Waals surface area contributed by atoms with Gasteiger partial charge in [0.25, 0.3) is 0 Å². The van der Waals surface area contributed by atoms with Crippen LogP contribution >= 0.6 is 15.9 Å². The molecule has 1 aromatic rings. The highest BCUT2D eigenvalue weighted by Gasteiger charge is 2.34. The molecule has 0 saturated carbocycles. The van der Waals surface area contributed by atoms with Crippen molar-refractivity contribution in [1.29, 1.82) is 5.41 Å². The maximum Gasteiger partial charge on any atom is 0.122 e. The number of hydrogen-bond acceptors (Lipinski definition) is 3. The summed E-state index contributed by atoms with van der Waals surface area (Å²) in [6, 6.07) is 5.85. The number of morpholine rings is 1. The molecule has 2 saturated heterocycles. The van der Waals surface area contributed by atoms with Crippen LogP contribution in [0.4, 0.5) is 5.69 Å². The number of anilines is 1. The number of amidine groups is 1. The van der Waals surface area contributed by atoms with E-state index in [1.807, 2.05) is 18.2 Å². The van der Waals surface area contributed by atoms with Gasteiger partial charge in [-0.2, -0.15) is 0 Å². The van der Waals surface area contributed by atoms with Crippen LogP contribution in [-0.2, 0) is 4.74 Å². The number of nitrogens with zero attached hydrogens (tertiary/aromatic N) is 1. The first-order chi connectivity index (χ1) is 8.63. The first-order valence-electron chi connectivity index (χ1n) is 6.18. The summed E-state index contributed by atoms with van der Waals surface area (Å²) >= 11 is 3.58. The number of benzene rings is 1. The van der Waals surface area contributed by atoms with E-state index in [9.17, 15) is 0 Å². The molecule has 96 valence electrons. The van der Waals surface area contributed by atoms with Gasteiger partial charge in [0.15, 0.2) is 0 Å². The third-order valence-corrected chi connectivity index (χ3v) is 4.28. The van der Waals surface area contributed by atoms with Crippen molar-refractivity contribution in [2.45, 2.75) is 25.0 Å². The molecule has 0 radical (unpaired) electrons. The molecule has 3 rings (SSSR count). The fraction of sp³-hybridized carbons (Fsp3) is 0.462. The molecule has 5 heteroatoms. The predicted octanol–water partition coefficient (Wildman–Crippen LogP) is 2.10.